The molecule has 0 aromatic heterocycles. The standard InChI is InChI=1S/C6H7NO2/c1-9-6(8)5-2-3-7-4-5/h2,4H,3H2,1H3. The molecule has 0 aliphatic carbocycles. The third-order valence-electron chi connectivity index (χ3n) is 1.07. The van der Waals surface area contributed by atoms with Crippen molar-refractivity contribution < 1.29 is 9.53 Å². The quantitative estimate of drug-likeness (QED) is 0.468. The van der Waals surface area contributed by atoms with Crippen molar-refractivity contribution in [2.45, 2.75) is 0 Å². The summed E-state index contributed by atoms with van der Waals surface area (Å²) < 4.78 is 4.44. The van der Waals surface area contributed by atoms with Gasteiger partial charge in [0.1, 0.15) is 0 Å². The van der Waals surface area contributed by atoms with Crippen molar-refractivity contribution in [2.75, 3.05) is 13.7 Å². The van der Waals surface area contributed by atoms with Crippen molar-refractivity contribution in [1.29, 1.82) is 0 Å². The van der Waals surface area contributed by atoms with Gasteiger partial charge in [0.15, 0.2) is 0 Å². The number of rotatable bonds is 1. The number of carbonyl (C=O) groups excluding carboxylic acids is 1. The predicted molar refractivity (Wildman–Crippen MR) is 33.5 cm³/mol. The van der Waals surface area contributed by atoms with Gasteiger partial charge in [-0.15, -0.1) is 0 Å². The van der Waals surface area contributed by atoms with Gasteiger partial charge in [-0.2, -0.15) is 0 Å². The topological polar surface area (TPSA) is 38.7 Å². The minimum absolute atomic E-state index is 0.309. The van der Waals surface area contributed by atoms with Crippen molar-refractivity contribution in [3.63, 3.8) is 0 Å². The molecular formula is C6H7NO2. The van der Waals surface area contributed by atoms with E-state index in [9.17, 15) is 4.79 Å². The van der Waals surface area contributed by atoms with E-state index in [-0.39, 0.29) is 5.97 Å². The van der Waals surface area contributed by atoms with E-state index in [1.165, 1.54) is 13.3 Å². The van der Waals surface area contributed by atoms with Gasteiger partial charge in [-0.3, -0.25) is 4.99 Å². The first-order chi connectivity index (χ1) is 4.34. The van der Waals surface area contributed by atoms with Crippen molar-refractivity contribution in [3.05, 3.63) is 11.6 Å². The molecule has 1 heterocycles. The Morgan fingerprint density at radius 1 is 1.89 bits per heavy atom. The summed E-state index contributed by atoms with van der Waals surface area (Å²) in [7, 11) is 1.36. The number of ether oxygens (including phenoxy) is 1. The van der Waals surface area contributed by atoms with E-state index in [1.54, 1.807) is 6.08 Å². The fraction of sp³-hybridized carbons (Fsp3) is 0.333. The van der Waals surface area contributed by atoms with Gasteiger partial charge >= 0.3 is 5.97 Å². The van der Waals surface area contributed by atoms with Crippen LogP contribution < -0.4 is 0 Å². The van der Waals surface area contributed by atoms with Gasteiger partial charge in [0.25, 0.3) is 0 Å². The third-order valence-corrected chi connectivity index (χ3v) is 1.07. The summed E-state index contributed by atoms with van der Waals surface area (Å²) in [6.07, 6.45) is 3.25. The Labute approximate surface area is 53.0 Å². The van der Waals surface area contributed by atoms with E-state index >= 15 is 0 Å². The summed E-state index contributed by atoms with van der Waals surface area (Å²) in [4.78, 5) is 14.4. The van der Waals surface area contributed by atoms with Crippen LogP contribution in [0.3, 0.4) is 0 Å². The molecule has 1 aliphatic rings. The zero-order valence-electron chi connectivity index (χ0n) is 5.13. The molecule has 0 N–H and O–H groups in total. The maximum atomic E-state index is 10.6. The van der Waals surface area contributed by atoms with Gasteiger partial charge in [-0.25, -0.2) is 4.79 Å². The minimum Gasteiger partial charge on any atom is -0.465 e. The summed E-state index contributed by atoms with van der Waals surface area (Å²) in [5.41, 5.74) is 0.553. The summed E-state index contributed by atoms with van der Waals surface area (Å²) in [6, 6.07) is 0. The van der Waals surface area contributed by atoms with Crippen LogP contribution in [-0.2, 0) is 9.53 Å². The number of carbonyl (C=O) groups is 1. The molecule has 0 unspecified atom stereocenters. The summed E-state index contributed by atoms with van der Waals surface area (Å²) in [5.74, 6) is -0.309. The monoisotopic (exact) mass is 125 g/mol. The Hall–Kier alpha value is -1.12. The highest BCUT2D eigenvalue weighted by molar-refractivity contribution is 6.10. The molecule has 1 aliphatic heterocycles. The second-order valence-electron chi connectivity index (χ2n) is 1.65. The third kappa shape index (κ3) is 1.16. The average molecular weight is 125 g/mol. The van der Waals surface area contributed by atoms with Crippen LogP contribution in [0.1, 0.15) is 0 Å². The highest BCUT2D eigenvalue weighted by Crippen LogP contribution is 1.99. The molecule has 0 bridgehead atoms. The van der Waals surface area contributed by atoms with Crippen LogP contribution in [0, 0.1) is 0 Å². The van der Waals surface area contributed by atoms with Crippen LogP contribution in [-0.4, -0.2) is 25.8 Å². The zero-order chi connectivity index (χ0) is 6.69. The second-order valence-corrected chi connectivity index (χ2v) is 1.65. The normalized spacial score (nSPS) is 15.4. The largest absolute Gasteiger partial charge is 0.465 e. The molecule has 0 aromatic carbocycles. The number of esters is 1. The van der Waals surface area contributed by atoms with Gasteiger partial charge in [0.2, 0.25) is 0 Å². The molecule has 0 atom stereocenters. The van der Waals surface area contributed by atoms with E-state index in [0.717, 1.165) is 0 Å². The predicted octanol–water partition coefficient (Wildman–Crippen LogP) is 0.170. The summed E-state index contributed by atoms with van der Waals surface area (Å²) in [6.45, 7) is 0.602. The molecule has 0 radical (unpaired) electrons. The van der Waals surface area contributed by atoms with Crippen LogP contribution in [0.5, 0.6) is 0 Å². The second kappa shape index (κ2) is 2.44. The van der Waals surface area contributed by atoms with Gasteiger partial charge in [-0.1, -0.05) is 0 Å². The molecule has 0 fully saturated rings. The molecule has 0 saturated heterocycles. The lowest BCUT2D eigenvalue weighted by atomic mass is 10.3. The van der Waals surface area contributed by atoms with Crippen LogP contribution >= 0.6 is 0 Å². The SMILES string of the molecule is COC(=O)C1=CCN=C1. The van der Waals surface area contributed by atoms with Crippen molar-refractivity contribution in [3.8, 4) is 0 Å². The fourth-order valence-electron chi connectivity index (χ4n) is 0.609. The van der Waals surface area contributed by atoms with Crippen molar-refractivity contribution in [2.24, 2.45) is 4.99 Å². The molecule has 9 heavy (non-hydrogen) atoms. The van der Waals surface area contributed by atoms with E-state index < -0.39 is 0 Å². The first-order valence-corrected chi connectivity index (χ1v) is 2.63. The number of hydrogen-bond donors (Lipinski definition) is 0. The molecule has 3 heteroatoms. The molecule has 0 saturated carbocycles. The molecule has 0 aromatic rings. The maximum absolute atomic E-state index is 10.6. The van der Waals surface area contributed by atoms with Crippen LogP contribution in [0.25, 0.3) is 0 Å². The summed E-state index contributed by atoms with van der Waals surface area (Å²) in [5, 5.41) is 0. The number of hydrogen-bond acceptors (Lipinski definition) is 3. The Bertz CT molecular complexity index is 181. The minimum atomic E-state index is -0.309. The highest BCUT2D eigenvalue weighted by Gasteiger charge is 2.07. The molecule has 1 rings (SSSR count). The van der Waals surface area contributed by atoms with E-state index in [4.69, 9.17) is 0 Å². The van der Waals surface area contributed by atoms with Crippen LogP contribution in [0.15, 0.2) is 16.6 Å². The Balaban J connectivity index is 2.62. The number of methoxy groups -OCH3 is 1. The van der Waals surface area contributed by atoms with Crippen molar-refractivity contribution in [1.82, 2.24) is 0 Å². The van der Waals surface area contributed by atoms with Crippen LogP contribution in [0.2, 0.25) is 0 Å². The van der Waals surface area contributed by atoms with E-state index in [1.807, 2.05) is 0 Å². The van der Waals surface area contributed by atoms with E-state index in [0.29, 0.717) is 12.1 Å². The van der Waals surface area contributed by atoms with Gasteiger partial charge in [0.05, 0.1) is 19.2 Å². The van der Waals surface area contributed by atoms with Crippen LogP contribution in [0.4, 0.5) is 0 Å². The maximum Gasteiger partial charge on any atom is 0.339 e. The number of nitrogens with zero attached hydrogens (tertiary/aromatic N) is 1. The van der Waals surface area contributed by atoms with E-state index in [2.05, 4.69) is 9.73 Å². The van der Waals surface area contributed by atoms with Gasteiger partial charge in [0, 0.05) is 6.21 Å². The first-order valence-electron chi connectivity index (χ1n) is 2.63. The molecular weight excluding hydrogens is 118 g/mol. The Kier molecular flexibility index (Phi) is 1.63. The first kappa shape index (κ1) is 6.01. The average Bonchev–Trinajstić information content (AvgIpc) is 2.37. The lowest BCUT2D eigenvalue weighted by Crippen LogP contribution is -2.03. The lowest BCUT2D eigenvalue weighted by Gasteiger charge is -1.92. The fourth-order valence-corrected chi connectivity index (χ4v) is 0.609. The summed E-state index contributed by atoms with van der Waals surface area (Å²) >= 11 is 0. The van der Waals surface area contributed by atoms with Gasteiger partial charge < -0.3 is 4.74 Å². The molecule has 0 spiro atoms. The highest BCUT2D eigenvalue weighted by atomic mass is 16.5. The zero-order valence-corrected chi connectivity index (χ0v) is 5.13. The number of aliphatic imine (C=N–C) groups is 1. The Morgan fingerprint density at radius 3 is 3.11 bits per heavy atom. The lowest BCUT2D eigenvalue weighted by molar-refractivity contribution is -0.135. The van der Waals surface area contributed by atoms with Crippen molar-refractivity contribution >= 4 is 12.2 Å². The molecule has 3 nitrogen and oxygen atoms in total. The molecule has 0 amide bonds. The molecule has 48 valence electrons. The van der Waals surface area contributed by atoms with Gasteiger partial charge in [-0.05, 0) is 6.08 Å². The smallest absolute Gasteiger partial charge is 0.339 e. The Morgan fingerprint density at radius 2 is 2.67 bits per heavy atom.